The highest BCUT2D eigenvalue weighted by molar-refractivity contribution is 5.96. The van der Waals surface area contributed by atoms with Crippen LogP contribution >= 0.6 is 0 Å². The smallest absolute Gasteiger partial charge is 0.326 e. The molecule has 1 aliphatic rings. The van der Waals surface area contributed by atoms with Crippen molar-refractivity contribution in [3.8, 4) is 5.75 Å². The van der Waals surface area contributed by atoms with Crippen LogP contribution in [0.2, 0.25) is 0 Å². The lowest BCUT2D eigenvalue weighted by atomic mass is 10.1. The van der Waals surface area contributed by atoms with E-state index in [0.717, 1.165) is 12.8 Å². The maximum atomic E-state index is 12.3. The van der Waals surface area contributed by atoms with Crippen molar-refractivity contribution < 1.29 is 24.0 Å². The van der Waals surface area contributed by atoms with Crippen LogP contribution in [0.3, 0.4) is 0 Å². The number of carbonyl (C=O) groups is 2. The van der Waals surface area contributed by atoms with Crippen molar-refractivity contribution in [3.63, 3.8) is 0 Å². The number of benzene rings is 1. The van der Waals surface area contributed by atoms with Gasteiger partial charge in [0.25, 0.3) is 5.91 Å². The van der Waals surface area contributed by atoms with Crippen LogP contribution < -0.4 is 10.1 Å². The molecule has 1 amide bonds. The van der Waals surface area contributed by atoms with E-state index >= 15 is 0 Å². The van der Waals surface area contributed by atoms with Gasteiger partial charge in [-0.25, -0.2) is 4.79 Å². The standard InChI is InChI=1S/C17H19N3O5/c1-10-18-15(20-25-10)9-24-13-4-2-3-12(8-13)16(21)19-14(17(22)23)7-11-5-6-11/h2-4,8,11,14H,5-7,9H2,1H3,(H,19,21)(H,22,23). The Labute approximate surface area is 144 Å². The minimum atomic E-state index is -1.01. The quantitative estimate of drug-likeness (QED) is 0.751. The minimum Gasteiger partial charge on any atom is -0.485 e. The molecule has 0 aliphatic heterocycles. The van der Waals surface area contributed by atoms with Crippen molar-refractivity contribution in [1.29, 1.82) is 0 Å². The van der Waals surface area contributed by atoms with E-state index in [1.54, 1.807) is 31.2 Å². The second kappa shape index (κ2) is 7.33. The van der Waals surface area contributed by atoms with Gasteiger partial charge in [-0.1, -0.05) is 24.1 Å². The average molecular weight is 345 g/mol. The van der Waals surface area contributed by atoms with Crippen molar-refractivity contribution >= 4 is 11.9 Å². The first-order valence-corrected chi connectivity index (χ1v) is 8.07. The third-order valence-electron chi connectivity index (χ3n) is 3.90. The second-order valence-corrected chi connectivity index (χ2v) is 6.09. The third kappa shape index (κ3) is 4.79. The van der Waals surface area contributed by atoms with Gasteiger partial charge in [-0.15, -0.1) is 0 Å². The van der Waals surface area contributed by atoms with Gasteiger partial charge in [-0.2, -0.15) is 4.98 Å². The van der Waals surface area contributed by atoms with Crippen LogP contribution in [0.1, 0.15) is 41.3 Å². The molecule has 1 saturated carbocycles. The zero-order chi connectivity index (χ0) is 17.8. The Balaban J connectivity index is 1.61. The lowest BCUT2D eigenvalue weighted by molar-refractivity contribution is -0.139. The molecule has 1 aromatic heterocycles. The predicted octanol–water partition coefficient (Wildman–Crippen LogP) is 1.94. The average Bonchev–Trinajstić information content (AvgIpc) is 3.31. The number of nitrogens with one attached hydrogen (secondary N) is 1. The van der Waals surface area contributed by atoms with E-state index < -0.39 is 17.9 Å². The van der Waals surface area contributed by atoms with Gasteiger partial charge in [0.2, 0.25) is 11.7 Å². The molecule has 2 N–H and O–H groups in total. The molecule has 8 heteroatoms. The van der Waals surface area contributed by atoms with Crippen molar-refractivity contribution in [2.45, 2.75) is 38.8 Å². The molecule has 132 valence electrons. The molecule has 3 rings (SSSR count). The monoisotopic (exact) mass is 345 g/mol. The van der Waals surface area contributed by atoms with Crippen molar-refractivity contribution in [2.75, 3.05) is 0 Å². The first-order valence-electron chi connectivity index (χ1n) is 8.07. The molecular formula is C17H19N3O5. The topological polar surface area (TPSA) is 115 Å². The van der Waals surface area contributed by atoms with Crippen LogP contribution in [0.4, 0.5) is 0 Å². The molecule has 25 heavy (non-hydrogen) atoms. The minimum absolute atomic E-state index is 0.113. The van der Waals surface area contributed by atoms with Crippen LogP contribution in [-0.2, 0) is 11.4 Å². The van der Waals surface area contributed by atoms with Gasteiger partial charge in [0.05, 0.1) is 0 Å². The lowest BCUT2D eigenvalue weighted by Crippen LogP contribution is -2.41. The van der Waals surface area contributed by atoms with Gasteiger partial charge in [-0.3, -0.25) is 4.79 Å². The Bertz CT molecular complexity index is 769. The number of carboxylic acid groups (broad SMARTS) is 1. The zero-order valence-corrected chi connectivity index (χ0v) is 13.8. The number of carbonyl (C=O) groups excluding carboxylic acids is 1. The summed E-state index contributed by atoms with van der Waals surface area (Å²) in [7, 11) is 0. The molecule has 1 heterocycles. The Morgan fingerprint density at radius 1 is 1.44 bits per heavy atom. The Hall–Kier alpha value is -2.90. The van der Waals surface area contributed by atoms with E-state index in [1.807, 2.05) is 0 Å². The molecule has 1 atom stereocenters. The summed E-state index contributed by atoms with van der Waals surface area (Å²) in [5.74, 6) is 0.262. The molecule has 1 unspecified atom stereocenters. The van der Waals surface area contributed by atoms with Gasteiger partial charge < -0.3 is 19.7 Å². The molecule has 0 spiro atoms. The maximum Gasteiger partial charge on any atom is 0.326 e. The largest absolute Gasteiger partial charge is 0.485 e. The van der Waals surface area contributed by atoms with E-state index in [4.69, 9.17) is 9.26 Å². The highest BCUT2D eigenvalue weighted by Gasteiger charge is 2.30. The van der Waals surface area contributed by atoms with E-state index in [2.05, 4.69) is 15.5 Å². The van der Waals surface area contributed by atoms with Crippen LogP contribution in [0.5, 0.6) is 5.75 Å². The first kappa shape index (κ1) is 16.9. The SMILES string of the molecule is Cc1nc(COc2cccc(C(=O)NC(CC3CC3)C(=O)O)c2)no1. The third-order valence-corrected chi connectivity index (χ3v) is 3.90. The van der Waals surface area contributed by atoms with Gasteiger partial charge in [-0.05, 0) is 30.5 Å². The number of amides is 1. The molecule has 1 aliphatic carbocycles. The summed E-state index contributed by atoms with van der Waals surface area (Å²) in [6.45, 7) is 1.80. The first-order chi connectivity index (χ1) is 12.0. The summed E-state index contributed by atoms with van der Waals surface area (Å²) in [5.41, 5.74) is 0.337. The number of rotatable bonds is 8. The number of nitrogens with zero attached hydrogens (tertiary/aromatic N) is 2. The predicted molar refractivity (Wildman–Crippen MR) is 86.0 cm³/mol. The van der Waals surface area contributed by atoms with Crippen LogP contribution in [0.25, 0.3) is 0 Å². The molecule has 1 aromatic carbocycles. The summed E-state index contributed by atoms with van der Waals surface area (Å²) in [6.07, 6.45) is 2.52. The second-order valence-electron chi connectivity index (χ2n) is 6.09. The number of ether oxygens (including phenoxy) is 1. The summed E-state index contributed by atoms with van der Waals surface area (Å²) < 4.78 is 10.4. The molecule has 8 nitrogen and oxygen atoms in total. The van der Waals surface area contributed by atoms with Crippen molar-refractivity contribution in [2.24, 2.45) is 5.92 Å². The molecule has 0 saturated heterocycles. The fourth-order valence-electron chi connectivity index (χ4n) is 2.42. The molecule has 0 bridgehead atoms. The maximum absolute atomic E-state index is 12.3. The number of hydrogen-bond donors (Lipinski definition) is 2. The Kier molecular flexibility index (Phi) is 4.97. The fourth-order valence-corrected chi connectivity index (χ4v) is 2.42. The number of aryl methyl sites for hydroxylation is 1. The molecule has 0 radical (unpaired) electrons. The summed E-state index contributed by atoms with van der Waals surface area (Å²) in [5, 5.41) is 15.6. The van der Waals surface area contributed by atoms with E-state index in [0.29, 0.717) is 35.4 Å². The Morgan fingerprint density at radius 3 is 2.88 bits per heavy atom. The number of hydrogen-bond acceptors (Lipinski definition) is 6. The number of aliphatic carboxylic acids is 1. The lowest BCUT2D eigenvalue weighted by Gasteiger charge is -2.14. The van der Waals surface area contributed by atoms with Gasteiger partial charge >= 0.3 is 5.97 Å². The highest BCUT2D eigenvalue weighted by Crippen LogP contribution is 2.33. The number of carboxylic acids is 1. The number of aromatic nitrogens is 2. The van der Waals surface area contributed by atoms with Crippen molar-refractivity contribution in [3.05, 3.63) is 41.5 Å². The van der Waals surface area contributed by atoms with Gasteiger partial charge in [0.1, 0.15) is 11.8 Å². The zero-order valence-electron chi connectivity index (χ0n) is 13.8. The van der Waals surface area contributed by atoms with Crippen LogP contribution in [-0.4, -0.2) is 33.2 Å². The van der Waals surface area contributed by atoms with Gasteiger partial charge in [0, 0.05) is 12.5 Å². The van der Waals surface area contributed by atoms with Crippen molar-refractivity contribution in [1.82, 2.24) is 15.5 Å². The van der Waals surface area contributed by atoms with E-state index in [-0.39, 0.29) is 6.61 Å². The van der Waals surface area contributed by atoms with Gasteiger partial charge in [0.15, 0.2) is 6.61 Å². The Morgan fingerprint density at radius 2 is 2.24 bits per heavy atom. The van der Waals surface area contributed by atoms with Crippen LogP contribution in [0, 0.1) is 12.8 Å². The summed E-state index contributed by atoms with van der Waals surface area (Å²) in [4.78, 5) is 27.6. The van der Waals surface area contributed by atoms with Crippen LogP contribution in [0.15, 0.2) is 28.8 Å². The summed E-state index contributed by atoms with van der Waals surface area (Å²) >= 11 is 0. The molecular weight excluding hydrogens is 326 g/mol. The van der Waals surface area contributed by atoms with E-state index in [1.165, 1.54) is 0 Å². The fraction of sp³-hybridized carbons (Fsp3) is 0.412. The normalized spacial score (nSPS) is 14.8. The highest BCUT2D eigenvalue weighted by atomic mass is 16.5. The molecule has 1 fully saturated rings. The van der Waals surface area contributed by atoms with E-state index in [9.17, 15) is 14.7 Å². The summed E-state index contributed by atoms with van der Waals surface area (Å²) in [6, 6.07) is 5.66. The molecule has 2 aromatic rings.